The minimum Gasteiger partial charge on any atom is -0.497 e. The first-order valence-corrected chi connectivity index (χ1v) is 11.0. The first-order chi connectivity index (χ1) is 14.5. The van der Waals surface area contributed by atoms with Crippen molar-refractivity contribution in [3.8, 4) is 17.1 Å². The Kier molecular flexibility index (Phi) is 7.88. The Balaban J connectivity index is 1.85. The summed E-state index contributed by atoms with van der Waals surface area (Å²) in [5.41, 5.74) is 1.82. The van der Waals surface area contributed by atoms with Gasteiger partial charge in [-0.3, -0.25) is 0 Å². The summed E-state index contributed by atoms with van der Waals surface area (Å²) in [6, 6.07) is 13.8. The number of fused-ring (bicyclic) bond motifs is 1. The molecular formula is C24H31ClN4O. The molecule has 3 rings (SSSR count). The van der Waals surface area contributed by atoms with Crippen molar-refractivity contribution in [1.82, 2.24) is 14.9 Å². The molecule has 1 N–H and O–H groups in total. The molecular weight excluding hydrogens is 396 g/mol. The van der Waals surface area contributed by atoms with Gasteiger partial charge in [-0.2, -0.15) is 0 Å². The molecule has 160 valence electrons. The summed E-state index contributed by atoms with van der Waals surface area (Å²) < 4.78 is 5.26. The zero-order valence-electron chi connectivity index (χ0n) is 18.3. The Morgan fingerprint density at radius 2 is 1.80 bits per heavy atom. The van der Waals surface area contributed by atoms with Crippen molar-refractivity contribution in [2.24, 2.45) is 0 Å². The number of ether oxygens (including phenoxy) is 1. The number of hydrogen-bond donors (Lipinski definition) is 1. The molecule has 0 bridgehead atoms. The zero-order chi connectivity index (χ0) is 21.5. The molecule has 1 heterocycles. The number of nitrogens with zero attached hydrogens (tertiary/aromatic N) is 3. The van der Waals surface area contributed by atoms with Crippen molar-refractivity contribution in [1.29, 1.82) is 0 Å². The molecule has 0 aliphatic carbocycles. The molecule has 0 saturated carbocycles. The summed E-state index contributed by atoms with van der Waals surface area (Å²) in [6.07, 6.45) is 2.21. The second-order valence-electron chi connectivity index (χ2n) is 7.50. The van der Waals surface area contributed by atoms with Crippen LogP contribution in [0, 0.1) is 0 Å². The first-order valence-electron chi connectivity index (χ1n) is 10.6. The maximum Gasteiger partial charge on any atom is 0.162 e. The molecule has 0 spiro atoms. The van der Waals surface area contributed by atoms with Crippen LogP contribution >= 0.6 is 11.6 Å². The Bertz CT molecular complexity index is 957. The predicted molar refractivity (Wildman–Crippen MR) is 127 cm³/mol. The van der Waals surface area contributed by atoms with Crippen LogP contribution in [0.15, 0.2) is 42.5 Å². The zero-order valence-corrected chi connectivity index (χ0v) is 19.0. The molecule has 0 fully saturated rings. The fourth-order valence-corrected chi connectivity index (χ4v) is 3.72. The number of anilines is 1. The molecule has 1 aromatic heterocycles. The van der Waals surface area contributed by atoms with Crippen molar-refractivity contribution < 1.29 is 4.74 Å². The van der Waals surface area contributed by atoms with E-state index in [2.05, 4.69) is 31.0 Å². The molecule has 30 heavy (non-hydrogen) atoms. The van der Waals surface area contributed by atoms with Crippen LogP contribution in [-0.4, -0.2) is 47.7 Å². The highest BCUT2D eigenvalue weighted by molar-refractivity contribution is 6.31. The minimum atomic E-state index is 0.293. The number of aromatic nitrogens is 2. The van der Waals surface area contributed by atoms with Gasteiger partial charge in [0.2, 0.25) is 0 Å². The van der Waals surface area contributed by atoms with Crippen molar-refractivity contribution in [2.75, 3.05) is 32.1 Å². The van der Waals surface area contributed by atoms with Crippen molar-refractivity contribution in [2.45, 2.75) is 39.7 Å². The number of hydrogen-bond acceptors (Lipinski definition) is 5. The van der Waals surface area contributed by atoms with Crippen molar-refractivity contribution in [3.05, 3.63) is 47.5 Å². The maximum absolute atomic E-state index is 6.27. The van der Waals surface area contributed by atoms with Crippen molar-refractivity contribution >= 4 is 28.3 Å². The van der Waals surface area contributed by atoms with Crippen LogP contribution < -0.4 is 10.1 Å². The Labute approximate surface area is 184 Å². The summed E-state index contributed by atoms with van der Waals surface area (Å²) in [5, 5.41) is 5.22. The predicted octanol–water partition coefficient (Wildman–Crippen LogP) is 5.88. The third-order valence-corrected chi connectivity index (χ3v) is 5.63. The average Bonchev–Trinajstić information content (AvgIpc) is 2.77. The number of nitrogens with one attached hydrogen (secondary N) is 1. The van der Waals surface area contributed by atoms with Crippen LogP contribution in [0.1, 0.15) is 33.6 Å². The number of benzene rings is 2. The summed E-state index contributed by atoms with van der Waals surface area (Å²) in [5.74, 6) is 2.32. The van der Waals surface area contributed by atoms with Gasteiger partial charge in [0.1, 0.15) is 11.6 Å². The van der Waals surface area contributed by atoms with Crippen LogP contribution in [0.25, 0.3) is 22.3 Å². The van der Waals surface area contributed by atoms with E-state index in [0.717, 1.165) is 60.5 Å². The van der Waals surface area contributed by atoms with E-state index in [4.69, 9.17) is 26.3 Å². The molecule has 0 aliphatic rings. The minimum absolute atomic E-state index is 0.293. The third kappa shape index (κ3) is 5.61. The van der Waals surface area contributed by atoms with Crippen LogP contribution in [-0.2, 0) is 0 Å². The van der Waals surface area contributed by atoms with E-state index in [1.54, 1.807) is 7.11 Å². The highest BCUT2D eigenvalue weighted by Crippen LogP contribution is 2.29. The lowest BCUT2D eigenvalue weighted by Gasteiger charge is -2.20. The maximum atomic E-state index is 6.27. The van der Waals surface area contributed by atoms with Gasteiger partial charge in [-0.25, -0.2) is 9.97 Å². The Morgan fingerprint density at radius 1 is 1.07 bits per heavy atom. The summed E-state index contributed by atoms with van der Waals surface area (Å²) in [6.45, 7) is 9.93. The third-order valence-electron chi connectivity index (χ3n) is 5.40. The van der Waals surface area contributed by atoms with Gasteiger partial charge in [0, 0.05) is 22.0 Å². The monoisotopic (exact) mass is 426 g/mol. The van der Waals surface area contributed by atoms with Gasteiger partial charge >= 0.3 is 0 Å². The Hall–Kier alpha value is -2.37. The molecule has 0 radical (unpaired) electrons. The molecule has 2 aromatic carbocycles. The number of halogens is 1. The first kappa shape index (κ1) is 22.3. The van der Waals surface area contributed by atoms with Crippen LogP contribution in [0.2, 0.25) is 5.02 Å². The molecule has 0 unspecified atom stereocenters. The molecule has 5 nitrogen and oxygen atoms in total. The smallest absolute Gasteiger partial charge is 0.162 e. The normalized spacial score (nSPS) is 12.3. The summed E-state index contributed by atoms with van der Waals surface area (Å²) in [7, 11) is 1.66. The lowest BCUT2D eigenvalue weighted by Crippen LogP contribution is -2.25. The van der Waals surface area contributed by atoms with Gasteiger partial charge < -0.3 is 15.0 Å². The lowest BCUT2D eigenvalue weighted by molar-refractivity contribution is 0.295. The molecule has 0 saturated heterocycles. The van der Waals surface area contributed by atoms with E-state index in [1.807, 2.05) is 42.5 Å². The van der Waals surface area contributed by atoms with E-state index >= 15 is 0 Å². The second kappa shape index (κ2) is 10.6. The lowest BCUT2D eigenvalue weighted by atomic mass is 10.1. The van der Waals surface area contributed by atoms with Gasteiger partial charge in [0.15, 0.2) is 5.82 Å². The summed E-state index contributed by atoms with van der Waals surface area (Å²) in [4.78, 5) is 12.1. The van der Waals surface area contributed by atoms with E-state index in [-0.39, 0.29) is 0 Å². The SMILES string of the molecule is CCN(CC)CCC[C@H](C)Nc1nc(-c2ccc(OC)cc2)nc2ccc(Cl)cc12. The highest BCUT2D eigenvalue weighted by Gasteiger charge is 2.13. The fourth-order valence-electron chi connectivity index (χ4n) is 3.55. The van der Waals surface area contributed by atoms with Crippen LogP contribution in [0.3, 0.4) is 0 Å². The molecule has 0 aliphatic heterocycles. The largest absolute Gasteiger partial charge is 0.497 e. The quantitative estimate of drug-likeness (QED) is 0.438. The second-order valence-corrected chi connectivity index (χ2v) is 7.94. The van der Waals surface area contributed by atoms with E-state index < -0.39 is 0 Å². The summed E-state index contributed by atoms with van der Waals surface area (Å²) >= 11 is 6.27. The van der Waals surface area contributed by atoms with E-state index in [1.165, 1.54) is 0 Å². The van der Waals surface area contributed by atoms with Crippen LogP contribution in [0.4, 0.5) is 5.82 Å². The van der Waals surface area contributed by atoms with Gasteiger partial charge in [-0.15, -0.1) is 0 Å². The van der Waals surface area contributed by atoms with Gasteiger partial charge in [0.05, 0.1) is 12.6 Å². The fraction of sp³-hybridized carbons (Fsp3) is 0.417. The standard InChI is InChI=1S/C24H31ClN4O/c1-5-29(6-2)15-7-8-17(3)26-24-21-16-19(25)11-14-22(21)27-23(28-24)18-9-12-20(30-4)13-10-18/h9-14,16-17H,5-8,15H2,1-4H3,(H,26,27,28)/t17-/m0/s1. The van der Waals surface area contributed by atoms with Crippen LogP contribution in [0.5, 0.6) is 5.75 Å². The van der Waals surface area contributed by atoms with Gasteiger partial charge in [-0.1, -0.05) is 25.4 Å². The molecule has 0 amide bonds. The van der Waals surface area contributed by atoms with Crippen molar-refractivity contribution in [3.63, 3.8) is 0 Å². The highest BCUT2D eigenvalue weighted by atomic mass is 35.5. The van der Waals surface area contributed by atoms with E-state index in [0.29, 0.717) is 16.9 Å². The van der Waals surface area contributed by atoms with E-state index in [9.17, 15) is 0 Å². The average molecular weight is 427 g/mol. The molecule has 6 heteroatoms. The molecule has 3 aromatic rings. The Morgan fingerprint density at radius 3 is 2.47 bits per heavy atom. The molecule has 1 atom stereocenters. The number of rotatable bonds is 10. The van der Waals surface area contributed by atoms with Gasteiger partial charge in [-0.05, 0) is 81.9 Å². The van der Waals surface area contributed by atoms with Gasteiger partial charge in [0.25, 0.3) is 0 Å². The number of methoxy groups -OCH3 is 1. The topological polar surface area (TPSA) is 50.3 Å².